The third kappa shape index (κ3) is 1.89. The number of rotatable bonds is 1. The minimum atomic E-state index is 0.211. The molecule has 1 heterocycles. The molecule has 0 saturated carbocycles. The van der Waals surface area contributed by atoms with Gasteiger partial charge in [-0.2, -0.15) is 11.8 Å². The van der Waals surface area contributed by atoms with Crippen LogP contribution in [0.2, 0.25) is 0 Å². The molecule has 11 heavy (non-hydrogen) atoms. The molecule has 0 radical (unpaired) electrons. The lowest BCUT2D eigenvalue weighted by molar-refractivity contribution is -0.127. The molecule has 1 aliphatic rings. The van der Waals surface area contributed by atoms with Crippen molar-refractivity contribution in [3.63, 3.8) is 0 Å². The lowest BCUT2D eigenvalue weighted by atomic mass is 10.1. The summed E-state index contributed by atoms with van der Waals surface area (Å²) < 4.78 is 0.311. The predicted octanol–water partition coefficient (Wildman–Crippen LogP) is 1.36. The monoisotopic (exact) mass is 173 g/mol. The van der Waals surface area contributed by atoms with Gasteiger partial charge in [0.2, 0.25) is 5.91 Å². The summed E-state index contributed by atoms with van der Waals surface area (Å²) >= 11 is 1.86. The Labute approximate surface area is 72.3 Å². The fourth-order valence-electron chi connectivity index (χ4n) is 1.37. The predicted molar refractivity (Wildman–Crippen MR) is 48.8 cm³/mol. The fraction of sp³-hybridized carbons (Fsp3) is 0.875. The molecule has 0 aromatic rings. The normalized spacial score (nSPS) is 31.0. The highest BCUT2D eigenvalue weighted by atomic mass is 32.2. The lowest BCUT2D eigenvalue weighted by Gasteiger charge is -2.21. The van der Waals surface area contributed by atoms with Crippen LogP contribution in [0.1, 0.15) is 20.3 Å². The quantitative estimate of drug-likeness (QED) is 0.597. The summed E-state index contributed by atoms with van der Waals surface area (Å²) in [6.07, 6.45) is 3.25. The smallest absolute Gasteiger partial charge is 0.219 e. The van der Waals surface area contributed by atoms with Crippen molar-refractivity contribution < 1.29 is 4.79 Å². The van der Waals surface area contributed by atoms with Crippen LogP contribution in [0, 0.1) is 0 Å². The molecule has 0 bridgehead atoms. The van der Waals surface area contributed by atoms with Crippen molar-refractivity contribution >= 4 is 17.7 Å². The third-order valence-corrected chi connectivity index (χ3v) is 3.69. The van der Waals surface area contributed by atoms with Gasteiger partial charge in [-0.3, -0.25) is 4.79 Å². The number of hydrogen-bond acceptors (Lipinski definition) is 2. The molecule has 0 aliphatic carbocycles. The number of hydrogen-bond donors (Lipinski definition) is 0. The highest BCUT2D eigenvalue weighted by Gasteiger charge is 2.33. The molecule has 0 N–H and O–H groups in total. The Bertz CT molecular complexity index is 171. The van der Waals surface area contributed by atoms with Crippen molar-refractivity contribution in [2.24, 2.45) is 0 Å². The maximum atomic E-state index is 11.0. The Kier molecular flexibility index (Phi) is 2.47. The van der Waals surface area contributed by atoms with Crippen LogP contribution in [0.4, 0.5) is 0 Å². The molecule has 1 rings (SSSR count). The van der Waals surface area contributed by atoms with Crippen molar-refractivity contribution in [3.8, 4) is 0 Å². The minimum Gasteiger partial charge on any atom is -0.342 e. The Morgan fingerprint density at radius 2 is 2.27 bits per heavy atom. The van der Waals surface area contributed by atoms with Crippen LogP contribution in [-0.4, -0.2) is 34.9 Å². The van der Waals surface area contributed by atoms with Crippen LogP contribution in [0.5, 0.6) is 0 Å². The van der Waals surface area contributed by atoms with E-state index < -0.39 is 0 Å². The van der Waals surface area contributed by atoms with E-state index in [0.29, 0.717) is 4.75 Å². The maximum Gasteiger partial charge on any atom is 0.219 e. The van der Waals surface area contributed by atoms with E-state index in [4.69, 9.17) is 0 Å². The largest absolute Gasteiger partial charge is 0.342 e. The molecule has 2 nitrogen and oxygen atoms in total. The molecule has 0 aromatic heterocycles. The molecule has 1 fully saturated rings. The molecule has 64 valence electrons. The van der Waals surface area contributed by atoms with Crippen LogP contribution in [0.15, 0.2) is 0 Å². The zero-order valence-corrected chi connectivity index (χ0v) is 8.20. The summed E-state index contributed by atoms with van der Waals surface area (Å²) in [7, 11) is 0. The molecule has 1 amide bonds. The van der Waals surface area contributed by atoms with E-state index in [0.717, 1.165) is 19.5 Å². The van der Waals surface area contributed by atoms with Gasteiger partial charge in [0.15, 0.2) is 0 Å². The number of amides is 1. The second-order valence-electron chi connectivity index (χ2n) is 3.34. The summed E-state index contributed by atoms with van der Waals surface area (Å²) in [5.41, 5.74) is 0. The van der Waals surface area contributed by atoms with E-state index >= 15 is 0 Å². The van der Waals surface area contributed by atoms with Gasteiger partial charge in [-0.15, -0.1) is 0 Å². The van der Waals surface area contributed by atoms with Gasteiger partial charge in [-0.25, -0.2) is 0 Å². The molecular formula is C8H15NOS. The molecule has 0 spiro atoms. The van der Waals surface area contributed by atoms with Gasteiger partial charge in [0.05, 0.1) is 0 Å². The summed E-state index contributed by atoms with van der Waals surface area (Å²) in [6, 6.07) is 0. The van der Waals surface area contributed by atoms with Crippen LogP contribution in [0.25, 0.3) is 0 Å². The first-order valence-electron chi connectivity index (χ1n) is 3.88. The van der Waals surface area contributed by atoms with Crippen LogP contribution in [-0.2, 0) is 4.79 Å². The van der Waals surface area contributed by atoms with Gasteiger partial charge in [-0.05, 0) is 19.6 Å². The number of thioether (sulfide) groups is 1. The maximum absolute atomic E-state index is 11.0. The van der Waals surface area contributed by atoms with Crippen molar-refractivity contribution in [2.75, 3.05) is 19.3 Å². The van der Waals surface area contributed by atoms with Crippen molar-refractivity contribution in [2.45, 2.75) is 25.0 Å². The average molecular weight is 173 g/mol. The van der Waals surface area contributed by atoms with E-state index in [1.54, 1.807) is 6.92 Å². The summed E-state index contributed by atoms with van der Waals surface area (Å²) in [5, 5.41) is 0. The van der Waals surface area contributed by atoms with E-state index in [1.165, 1.54) is 0 Å². The van der Waals surface area contributed by atoms with Gasteiger partial charge >= 0.3 is 0 Å². The molecule has 0 aromatic carbocycles. The minimum absolute atomic E-state index is 0.211. The molecule has 3 heteroatoms. The fourth-order valence-corrected chi connectivity index (χ4v) is 1.95. The SMILES string of the molecule is CSC1(C)CCN(C(C)=O)C1. The van der Waals surface area contributed by atoms with Gasteiger partial charge in [0.1, 0.15) is 0 Å². The van der Waals surface area contributed by atoms with Gasteiger partial charge in [0.25, 0.3) is 0 Å². The summed E-state index contributed by atoms with van der Waals surface area (Å²) in [6.45, 7) is 5.73. The van der Waals surface area contributed by atoms with Crippen molar-refractivity contribution in [3.05, 3.63) is 0 Å². The summed E-state index contributed by atoms with van der Waals surface area (Å²) in [4.78, 5) is 12.9. The van der Waals surface area contributed by atoms with Crippen molar-refractivity contribution in [1.29, 1.82) is 0 Å². The molecule has 1 aliphatic heterocycles. The first kappa shape index (κ1) is 8.91. The zero-order chi connectivity index (χ0) is 8.48. The Balaban J connectivity index is 2.53. The molecule has 1 atom stereocenters. The lowest BCUT2D eigenvalue weighted by Crippen LogP contribution is -2.30. The second-order valence-corrected chi connectivity index (χ2v) is 4.74. The second kappa shape index (κ2) is 3.05. The van der Waals surface area contributed by atoms with Crippen LogP contribution in [0.3, 0.4) is 0 Å². The zero-order valence-electron chi connectivity index (χ0n) is 7.39. The molecule has 1 saturated heterocycles. The van der Waals surface area contributed by atoms with Crippen LogP contribution < -0.4 is 0 Å². The Morgan fingerprint density at radius 1 is 1.64 bits per heavy atom. The first-order chi connectivity index (χ1) is 5.07. The highest BCUT2D eigenvalue weighted by Crippen LogP contribution is 2.32. The van der Waals surface area contributed by atoms with E-state index in [1.807, 2.05) is 16.7 Å². The first-order valence-corrected chi connectivity index (χ1v) is 5.10. The van der Waals surface area contributed by atoms with Gasteiger partial charge in [0, 0.05) is 24.8 Å². The topological polar surface area (TPSA) is 20.3 Å². The van der Waals surface area contributed by atoms with Gasteiger partial charge in [-0.1, -0.05) is 0 Å². The average Bonchev–Trinajstić information content (AvgIpc) is 2.33. The number of nitrogens with zero attached hydrogens (tertiary/aromatic N) is 1. The molecule has 1 unspecified atom stereocenters. The number of carbonyl (C=O) groups is 1. The number of carbonyl (C=O) groups excluding carboxylic acids is 1. The van der Waals surface area contributed by atoms with E-state index in [9.17, 15) is 4.79 Å². The highest BCUT2D eigenvalue weighted by molar-refractivity contribution is 8.00. The number of likely N-dealkylation sites (tertiary alicyclic amines) is 1. The van der Waals surface area contributed by atoms with E-state index in [-0.39, 0.29) is 5.91 Å². The molecular weight excluding hydrogens is 158 g/mol. The third-order valence-electron chi connectivity index (χ3n) is 2.37. The summed E-state index contributed by atoms with van der Waals surface area (Å²) in [5.74, 6) is 0.211. The van der Waals surface area contributed by atoms with E-state index in [2.05, 4.69) is 13.2 Å². The van der Waals surface area contributed by atoms with Crippen LogP contribution >= 0.6 is 11.8 Å². The Hall–Kier alpha value is -0.180. The van der Waals surface area contributed by atoms with Crippen molar-refractivity contribution in [1.82, 2.24) is 4.90 Å². The Morgan fingerprint density at radius 3 is 2.55 bits per heavy atom. The van der Waals surface area contributed by atoms with Gasteiger partial charge < -0.3 is 4.90 Å². The standard InChI is InChI=1S/C8H15NOS/c1-7(10)9-5-4-8(2,6-9)11-3/h4-6H2,1-3H3.